The number of hydrogen-bond acceptors (Lipinski definition) is 2. The summed E-state index contributed by atoms with van der Waals surface area (Å²) in [7, 11) is 0. The minimum absolute atomic E-state index is 0.0161. The lowest BCUT2D eigenvalue weighted by molar-refractivity contribution is 0.0936. The van der Waals surface area contributed by atoms with E-state index in [1.165, 1.54) is 11.8 Å². The summed E-state index contributed by atoms with van der Waals surface area (Å²) < 4.78 is 0. The number of benzene rings is 1. The van der Waals surface area contributed by atoms with Crippen LogP contribution in [0.15, 0.2) is 48.7 Å². The third-order valence-electron chi connectivity index (χ3n) is 2.81. The lowest BCUT2D eigenvalue weighted by Crippen LogP contribution is -2.38. The van der Waals surface area contributed by atoms with E-state index < -0.39 is 0 Å². The number of rotatable bonds is 5. The summed E-state index contributed by atoms with van der Waals surface area (Å²) >= 11 is 9.18. The maximum Gasteiger partial charge on any atom is 0.270 e. The van der Waals surface area contributed by atoms with Crippen LogP contribution in [-0.2, 0) is 6.42 Å². The summed E-state index contributed by atoms with van der Waals surface area (Å²) in [6.45, 7) is 0. The molecule has 1 heterocycles. The lowest BCUT2D eigenvalue weighted by Gasteiger charge is -2.16. The minimum atomic E-state index is -0.193. The standard InChI is InChI=1S/C15H14BrClN2O/c16-9-13(8-11-4-2-1-3-5-11)19-15(20)14-7-6-12(17)10-18-14/h1-7,10,13H,8-9H2,(H,19,20). The summed E-state index contributed by atoms with van der Waals surface area (Å²) in [5.74, 6) is -0.193. The van der Waals surface area contributed by atoms with E-state index in [0.717, 1.165) is 6.42 Å². The van der Waals surface area contributed by atoms with Crippen molar-refractivity contribution in [3.63, 3.8) is 0 Å². The van der Waals surface area contributed by atoms with Crippen LogP contribution in [0.1, 0.15) is 16.1 Å². The van der Waals surface area contributed by atoms with Gasteiger partial charge in [-0.25, -0.2) is 4.98 Å². The van der Waals surface area contributed by atoms with Gasteiger partial charge < -0.3 is 5.32 Å². The second-order valence-corrected chi connectivity index (χ2v) is 5.46. The number of carbonyl (C=O) groups excluding carboxylic acids is 1. The first-order valence-electron chi connectivity index (χ1n) is 6.21. The molecule has 0 aliphatic carbocycles. The monoisotopic (exact) mass is 352 g/mol. The first-order valence-corrected chi connectivity index (χ1v) is 7.71. The van der Waals surface area contributed by atoms with Gasteiger partial charge >= 0.3 is 0 Å². The van der Waals surface area contributed by atoms with Crippen molar-refractivity contribution in [3.8, 4) is 0 Å². The Bertz CT molecular complexity index is 560. The van der Waals surface area contributed by atoms with Crippen molar-refractivity contribution in [1.29, 1.82) is 0 Å². The third kappa shape index (κ3) is 4.32. The first-order chi connectivity index (χ1) is 9.69. The highest BCUT2D eigenvalue weighted by Crippen LogP contribution is 2.08. The number of aromatic nitrogens is 1. The molecule has 1 atom stereocenters. The number of hydrogen-bond donors (Lipinski definition) is 1. The largest absolute Gasteiger partial charge is 0.347 e. The molecule has 1 unspecified atom stereocenters. The summed E-state index contributed by atoms with van der Waals surface area (Å²) in [6, 6.07) is 13.3. The molecule has 2 rings (SSSR count). The van der Waals surface area contributed by atoms with Gasteiger partial charge in [-0.05, 0) is 24.1 Å². The Balaban J connectivity index is 1.99. The van der Waals surface area contributed by atoms with Crippen molar-refractivity contribution in [2.24, 2.45) is 0 Å². The molecular formula is C15H14BrClN2O. The average molecular weight is 354 g/mol. The fourth-order valence-corrected chi connectivity index (χ4v) is 2.31. The summed E-state index contributed by atoms with van der Waals surface area (Å²) in [6.07, 6.45) is 2.24. The minimum Gasteiger partial charge on any atom is -0.347 e. The Morgan fingerprint density at radius 2 is 2.00 bits per heavy atom. The SMILES string of the molecule is O=C(NC(CBr)Cc1ccccc1)c1ccc(Cl)cn1. The van der Waals surface area contributed by atoms with E-state index >= 15 is 0 Å². The van der Waals surface area contributed by atoms with Crippen LogP contribution in [0.3, 0.4) is 0 Å². The number of carbonyl (C=O) groups is 1. The summed E-state index contributed by atoms with van der Waals surface area (Å²) in [5, 5.41) is 4.16. The second-order valence-electron chi connectivity index (χ2n) is 4.38. The first kappa shape index (κ1) is 15.0. The molecule has 5 heteroatoms. The molecule has 0 saturated carbocycles. The van der Waals surface area contributed by atoms with E-state index in [0.29, 0.717) is 16.0 Å². The van der Waals surface area contributed by atoms with Crippen LogP contribution in [0.25, 0.3) is 0 Å². The predicted octanol–water partition coefficient (Wildman–Crippen LogP) is 3.47. The number of nitrogens with one attached hydrogen (secondary N) is 1. The third-order valence-corrected chi connectivity index (χ3v) is 3.81. The Hall–Kier alpha value is -1.39. The fourth-order valence-electron chi connectivity index (χ4n) is 1.81. The van der Waals surface area contributed by atoms with Crippen LogP contribution < -0.4 is 5.32 Å². The van der Waals surface area contributed by atoms with E-state index in [1.807, 2.05) is 30.3 Å². The maximum atomic E-state index is 12.1. The van der Waals surface area contributed by atoms with E-state index in [1.54, 1.807) is 12.1 Å². The normalized spacial score (nSPS) is 11.9. The second kappa shape index (κ2) is 7.41. The molecule has 2 aromatic rings. The topological polar surface area (TPSA) is 42.0 Å². The number of pyridine rings is 1. The van der Waals surface area contributed by atoms with Gasteiger partial charge in [-0.15, -0.1) is 0 Å². The lowest BCUT2D eigenvalue weighted by atomic mass is 10.1. The highest BCUT2D eigenvalue weighted by atomic mass is 79.9. The Morgan fingerprint density at radius 3 is 2.60 bits per heavy atom. The molecule has 0 bridgehead atoms. The predicted molar refractivity (Wildman–Crippen MR) is 84.4 cm³/mol. The Labute approximate surface area is 131 Å². The molecule has 0 radical (unpaired) electrons. The molecule has 0 saturated heterocycles. The molecule has 1 aromatic heterocycles. The highest BCUT2D eigenvalue weighted by molar-refractivity contribution is 9.09. The molecule has 1 N–H and O–H groups in total. The quantitative estimate of drug-likeness (QED) is 0.836. The fraction of sp³-hybridized carbons (Fsp3) is 0.200. The van der Waals surface area contributed by atoms with Crippen molar-refractivity contribution in [3.05, 3.63) is 64.9 Å². The molecule has 3 nitrogen and oxygen atoms in total. The van der Waals surface area contributed by atoms with Crippen LogP contribution in [0.2, 0.25) is 5.02 Å². The summed E-state index contributed by atoms with van der Waals surface area (Å²) in [4.78, 5) is 16.1. The van der Waals surface area contributed by atoms with E-state index in [-0.39, 0.29) is 11.9 Å². The molecule has 104 valence electrons. The van der Waals surface area contributed by atoms with Crippen molar-refractivity contribution in [2.75, 3.05) is 5.33 Å². The van der Waals surface area contributed by atoms with Gasteiger partial charge in [0, 0.05) is 17.6 Å². The van der Waals surface area contributed by atoms with E-state index in [2.05, 4.69) is 26.2 Å². The molecule has 0 aliphatic rings. The zero-order chi connectivity index (χ0) is 14.4. The molecule has 0 spiro atoms. The van der Waals surface area contributed by atoms with Crippen LogP contribution in [0.5, 0.6) is 0 Å². The number of nitrogens with zero attached hydrogens (tertiary/aromatic N) is 1. The molecule has 1 amide bonds. The van der Waals surface area contributed by atoms with Crippen molar-refractivity contribution in [1.82, 2.24) is 10.3 Å². The van der Waals surface area contributed by atoms with Crippen LogP contribution in [-0.4, -0.2) is 22.3 Å². The van der Waals surface area contributed by atoms with Crippen molar-refractivity contribution in [2.45, 2.75) is 12.5 Å². The van der Waals surface area contributed by atoms with Crippen molar-refractivity contribution < 1.29 is 4.79 Å². The smallest absolute Gasteiger partial charge is 0.270 e. The van der Waals surface area contributed by atoms with Crippen LogP contribution in [0.4, 0.5) is 0 Å². The molecule has 20 heavy (non-hydrogen) atoms. The molecule has 0 aliphatic heterocycles. The molecule has 0 fully saturated rings. The van der Waals surface area contributed by atoms with Crippen molar-refractivity contribution >= 4 is 33.4 Å². The van der Waals surface area contributed by atoms with Gasteiger partial charge in [-0.3, -0.25) is 4.79 Å². The number of halogens is 2. The van der Waals surface area contributed by atoms with Gasteiger partial charge in [-0.2, -0.15) is 0 Å². The van der Waals surface area contributed by atoms with Gasteiger partial charge in [0.25, 0.3) is 5.91 Å². The van der Waals surface area contributed by atoms with Crippen LogP contribution >= 0.6 is 27.5 Å². The number of alkyl halides is 1. The molecule has 1 aromatic carbocycles. The Kier molecular flexibility index (Phi) is 5.56. The number of amides is 1. The maximum absolute atomic E-state index is 12.1. The zero-order valence-electron chi connectivity index (χ0n) is 10.7. The average Bonchev–Trinajstić information content (AvgIpc) is 2.48. The van der Waals surface area contributed by atoms with Crippen LogP contribution in [0, 0.1) is 0 Å². The van der Waals surface area contributed by atoms with Gasteiger partial charge in [0.2, 0.25) is 0 Å². The van der Waals surface area contributed by atoms with Gasteiger partial charge in [0.1, 0.15) is 5.69 Å². The van der Waals surface area contributed by atoms with Gasteiger partial charge in [-0.1, -0.05) is 57.9 Å². The zero-order valence-corrected chi connectivity index (χ0v) is 13.1. The highest BCUT2D eigenvalue weighted by Gasteiger charge is 2.14. The van der Waals surface area contributed by atoms with E-state index in [9.17, 15) is 4.79 Å². The van der Waals surface area contributed by atoms with Gasteiger partial charge in [0.15, 0.2) is 0 Å². The van der Waals surface area contributed by atoms with E-state index in [4.69, 9.17) is 11.6 Å². The van der Waals surface area contributed by atoms with Gasteiger partial charge in [0.05, 0.1) is 5.02 Å². The molecular weight excluding hydrogens is 340 g/mol. The summed E-state index contributed by atoms with van der Waals surface area (Å²) in [5.41, 5.74) is 1.55. The Morgan fingerprint density at radius 1 is 1.25 bits per heavy atom.